The van der Waals surface area contributed by atoms with Gasteiger partial charge < -0.3 is 10.1 Å². The van der Waals surface area contributed by atoms with Crippen molar-refractivity contribution in [3.05, 3.63) is 54.0 Å². The fourth-order valence-corrected chi connectivity index (χ4v) is 1.87. The first-order chi connectivity index (χ1) is 8.33. The maximum absolute atomic E-state index is 12.8. The summed E-state index contributed by atoms with van der Waals surface area (Å²) in [5, 5.41) is 3.20. The Morgan fingerprint density at radius 3 is 2.88 bits per heavy atom. The third kappa shape index (κ3) is 1.93. The summed E-state index contributed by atoms with van der Waals surface area (Å²) in [5.41, 5.74) is 0.952. The van der Waals surface area contributed by atoms with E-state index in [1.807, 2.05) is 12.1 Å². The van der Waals surface area contributed by atoms with E-state index < -0.39 is 0 Å². The summed E-state index contributed by atoms with van der Waals surface area (Å²) in [6.07, 6.45) is 1.61. The Balaban J connectivity index is 1.86. The van der Waals surface area contributed by atoms with Gasteiger partial charge in [-0.15, -0.1) is 0 Å². The number of rotatable bonds is 1. The number of anilines is 1. The predicted octanol–water partition coefficient (Wildman–Crippen LogP) is 2.77. The molecule has 4 heteroatoms. The third-order valence-electron chi connectivity index (χ3n) is 2.74. The molecular formula is C13H11FN2O. The van der Waals surface area contributed by atoms with E-state index in [0.717, 1.165) is 17.1 Å². The molecule has 17 heavy (non-hydrogen) atoms. The standard InChI is InChI=1S/C13H11FN2O/c14-10-5-3-9(4-6-10)12-8-16-13-11(17-12)2-1-7-15-13/h1-7,12H,8H2,(H,15,16). The van der Waals surface area contributed by atoms with E-state index in [0.29, 0.717) is 6.54 Å². The normalized spacial score (nSPS) is 17.8. The summed E-state index contributed by atoms with van der Waals surface area (Å²) in [6.45, 7) is 0.635. The van der Waals surface area contributed by atoms with Gasteiger partial charge in [-0.1, -0.05) is 12.1 Å². The van der Waals surface area contributed by atoms with Crippen molar-refractivity contribution in [1.82, 2.24) is 4.98 Å². The number of hydrogen-bond donors (Lipinski definition) is 1. The minimum atomic E-state index is -0.236. The maximum Gasteiger partial charge on any atom is 0.168 e. The Kier molecular flexibility index (Phi) is 2.40. The van der Waals surface area contributed by atoms with Gasteiger partial charge >= 0.3 is 0 Å². The van der Waals surface area contributed by atoms with Crippen molar-refractivity contribution >= 4 is 5.82 Å². The molecule has 3 rings (SSSR count). The fourth-order valence-electron chi connectivity index (χ4n) is 1.87. The van der Waals surface area contributed by atoms with Crippen LogP contribution in [0, 0.1) is 5.82 Å². The molecule has 0 spiro atoms. The van der Waals surface area contributed by atoms with Gasteiger partial charge in [0, 0.05) is 6.20 Å². The number of pyridine rings is 1. The van der Waals surface area contributed by atoms with Crippen LogP contribution in [-0.2, 0) is 0 Å². The molecule has 1 atom stereocenters. The van der Waals surface area contributed by atoms with Crippen molar-refractivity contribution < 1.29 is 9.13 Å². The van der Waals surface area contributed by atoms with Crippen LogP contribution in [0.15, 0.2) is 42.6 Å². The second-order valence-electron chi connectivity index (χ2n) is 3.89. The zero-order chi connectivity index (χ0) is 11.7. The fraction of sp³-hybridized carbons (Fsp3) is 0.154. The van der Waals surface area contributed by atoms with E-state index in [1.54, 1.807) is 18.3 Å². The molecule has 0 fully saturated rings. The van der Waals surface area contributed by atoms with E-state index in [2.05, 4.69) is 10.3 Å². The largest absolute Gasteiger partial charge is 0.480 e. The third-order valence-corrected chi connectivity index (χ3v) is 2.74. The highest BCUT2D eigenvalue weighted by Gasteiger charge is 2.21. The van der Waals surface area contributed by atoms with Gasteiger partial charge in [-0.2, -0.15) is 0 Å². The lowest BCUT2D eigenvalue weighted by molar-refractivity contribution is 0.209. The molecule has 0 radical (unpaired) electrons. The minimum absolute atomic E-state index is 0.104. The lowest BCUT2D eigenvalue weighted by atomic mass is 10.1. The van der Waals surface area contributed by atoms with Gasteiger partial charge in [-0.05, 0) is 29.8 Å². The maximum atomic E-state index is 12.8. The smallest absolute Gasteiger partial charge is 0.168 e. The molecule has 0 saturated heterocycles. The number of aromatic nitrogens is 1. The van der Waals surface area contributed by atoms with Gasteiger partial charge in [-0.3, -0.25) is 0 Å². The first kappa shape index (κ1) is 10.1. The van der Waals surface area contributed by atoms with Gasteiger partial charge in [0.05, 0.1) is 6.54 Å². The van der Waals surface area contributed by atoms with Gasteiger partial charge in [0.2, 0.25) is 0 Å². The number of halogens is 1. The van der Waals surface area contributed by atoms with E-state index in [-0.39, 0.29) is 11.9 Å². The topological polar surface area (TPSA) is 34.2 Å². The highest BCUT2D eigenvalue weighted by Crippen LogP contribution is 2.31. The van der Waals surface area contributed by atoms with E-state index in [4.69, 9.17) is 4.74 Å². The molecule has 1 aliphatic heterocycles. The second kappa shape index (κ2) is 4.05. The van der Waals surface area contributed by atoms with Crippen LogP contribution < -0.4 is 10.1 Å². The number of fused-ring (bicyclic) bond motifs is 1. The molecular weight excluding hydrogens is 219 g/mol. The molecule has 2 heterocycles. The summed E-state index contributed by atoms with van der Waals surface area (Å²) in [5.74, 6) is 1.25. The summed E-state index contributed by atoms with van der Waals surface area (Å²) in [6, 6.07) is 10.1. The zero-order valence-corrected chi connectivity index (χ0v) is 9.06. The number of ether oxygens (including phenoxy) is 1. The van der Waals surface area contributed by atoms with Crippen molar-refractivity contribution in [2.45, 2.75) is 6.10 Å². The lowest BCUT2D eigenvalue weighted by Crippen LogP contribution is -2.24. The SMILES string of the molecule is Fc1ccc(C2CNc3ncccc3O2)cc1. The van der Waals surface area contributed by atoms with Crippen molar-refractivity contribution in [2.24, 2.45) is 0 Å². The van der Waals surface area contributed by atoms with Gasteiger partial charge in [0.1, 0.15) is 11.9 Å². The Hall–Kier alpha value is -2.10. The molecule has 3 nitrogen and oxygen atoms in total. The van der Waals surface area contributed by atoms with Crippen molar-refractivity contribution in [2.75, 3.05) is 11.9 Å². The summed E-state index contributed by atoms with van der Waals surface area (Å²) in [4.78, 5) is 4.17. The number of benzene rings is 1. The first-order valence-electron chi connectivity index (χ1n) is 5.44. The van der Waals surface area contributed by atoms with Crippen molar-refractivity contribution in [1.29, 1.82) is 0 Å². The molecule has 1 unspecified atom stereocenters. The Morgan fingerprint density at radius 2 is 2.06 bits per heavy atom. The van der Waals surface area contributed by atoms with Crippen LogP contribution in [0.3, 0.4) is 0 Å². The molecule has 0 bridgehead atoms. The van der Waals surface area contributed by atoms with Crippen molar-refractivity contribution in [3.8, 4) is 5.75 Å². The Bertz CT molecular complexity index is 527. The van der Waals surface area contributed by atoms with Crippen LogP contribution in [0.4, 0.5) is 10.2 Å². The Labute approximate surface area is 98.3 Å². The first-order valence-corrected chi connectivity index (χ1v) is 5.44. The number of hydrogen-bond acceptors (Lipinski definition) is 3. The molecule has 0 aliphatic carbocycles. The van der Waals surface area contributed by atoms with Gasteiger partial charge in [0.25, 0.3) is 0 Å². The number of nitrogens with one attached hydrogen (secondary N) is 1. The van der Waals surface area contributed by atoms with Crippen molar-refractivity contribution in [3.63, 3.8) is 0 Å². The van der Waals surface area contributed by atoms with Gasteiger partial charge in [0.15, 0.2) is 11.6 Å². The van der Waals surface area contributed by atoms with Crippen LogP contribution in [0.5, 0.6) is 5.75 Å². The van der Waals surface area contributed by atoms with E-state index in [1.165, 1.54) is 12.1 Å². The quantitative estimate of drug-likeness (QED) is 0.818. The predicted molar refractivity (Wildman–Crippen MR) is 62.5 cm³/mol. The second-order valence-corrected chi connectivity index (χ2v) is 3.89. The highest BCUT2D eigenvalue weighted by molar-refractivity contribution is 5.51. The average molecular weight is 230 g/mol. The molecule has 1 aliphatic rings. The molecule has 2 aromatic rings. The summed E-state index contributed by atoms with van der Waals surface area (Å²) < 4.78 is 18.6. The van der Waals surface area contributed by atoms with Crippen LogP contribution in [-0.4, -0.2) is 11.5 Å². The van der Waals surface area contributed by atoms with Crippen LogP contribution >= 0.6 is 0 Å². The minimum Gasteiger partial charge on any atom is -0.480 e. The lowest BCUT2D eigenvalue weighted by Gasteiger charge is -2.26. The van der Waals surface area contributed by atoms with E-state index in [9.17, 15) is 4.39 Å². The molecule has 1 aromatic carbocycles. The number of nitrogens with zero attached hydrogens (tertiary/aromatic N) is 1. The zero-order valence-electron chi connectivity index (χ0n) is 9.06. The summed E-state index contributed by atoms with van der Waals surface area (Å²) in [7, 11) is 0. The molecule has 0 saturated carbocycles. The van der Waals surface area contributed by atoms with Crippen LogP contribution in [0.1, 0.15) is 11.7 Å². The molecule has 1 N–H and O–H groups in total. The van der Waals surface area contributed by atoms with Gasteiger partial charge in [-0.25, -0.2) is 9.37 Å². The molecule has 1 aromatic heterocycles. The Morgan fingerprint density at radius 1 is 1.24 bits per heavy atom. The van der Waals surface area contributed by atoms with Crippen LogP contribution in [0.2, 0.25) is 0 Å². The molecule has 86 valence electrons. The highest BCUT2D eigenvalue weighted by atomic mass is 19.1. The van der Waals surface area contributed by atoms with Crippen LogP contribution in [0.25, 0.3) is 0 Å². The van der Waals surface area contributed by atoms with E-state index >= 15 is 0 Å². The molecule has 0 amide bonds. The summed E-state index contributed by atoms with van der Waals surface area (Å²) >= 11 is 0. The monoisotopic (exact) mass is 230 g/mol. The average Bonchev–Trinajstić information content (AvgIpc) is 2.39.